The van der Waals surface area contributed by atoms with Gasteiger partial charge in [0.05, 0.1) is 18.5 Å². The maximum Gasteiger partial charge on any atom is 0.220 e. The van der Waals surface area contributed by atoms with Crippen molar-refractivity contribution in [3.63, 3.8) is 0 Å². The lowest BCUT2D eigenvalue weighted by atomic mass is 9.56. The van der Waals surface area contributed by atoms with Crippen molar-refractivity contribution in [1.29, 1.82) is 0 Å². The molecule has 0 saturated heterocycles. The summed E-state index contributed by atoms with van der Waals surface area (Å²) >= 11 is 0. The van der Waals surface area contributed by atoms with Crippen molar-refractivity contribution in [3.05, 3.63) is 34.6 Å². The Labute approximate surface area is 136 Å². The molecule has 0 amide bonds. The molecular formula is C18H23N3O2. The minimum atomic E-state index is -0.00882. The molecule has 0 N–H and O–H groups in total. The van der Waals surface area contributed by atoms with Crippen LogP contribution in [0.2, 0.25) is 0 Å². The predicted octanol–water partition coefficient (Wildman–Crippen LogP) is 3.35. The summed E-state index contributed by atoms with van der Waals surface area (Å²) in [6.45, 7) is 9.18. The molecule has 0 aliphatic heterocycles. The van der Waals surface area contributed by atoms with Crippen molar-refractivity contribution in [1.82, 2.24) is 15.1 Å². The monoisotopic (exact) mass is 313 g/mol. The Morgan fingerprint density at radius 2 is 2.22 bits per heavy atom. The molecule has 2 aliphatic rings. The standard InChI is InChI=1S/C18H23N3O2/c1-5-22-17-13-6-7-14-10(2)15-12(9-19-23-15)8-18(14,4)16(13)20-11(3)21-17/h9-10,14H,5-8H2,1-4H3/t10-,14-,18-/m0/s1. The highest BCUT2D eigenvalue weighted by Gasteiger charge is 2.50. The van der Waals surface area contributed by atoms with Gasteiger partial charge >= 0.3 is 0 Å². The summed E-state index contributed by atoms with van der Waals surface area (Å²) < 4.78 is 11.3. The van der Waals surface area contributed by atoms with Gasteiger partial charge in [-0.05, 0) is 39.0 Å². The second-order valence-electron chi connectivity index (χ2n) is 7.08. The average molecular weight is 313 g/mol. The Balaban J connectivity index is 1.89. The number of aryl methyl sites for hydroxylation is 1. The maximum absolute atomic E-state index is 5.81. The Bertz CT molecular complexity index is 755. The molecule has 0 radical (unpaired) electrons. The average Bonchev–Trinajstić information content (AvgIpc) is 2.96. The fraction of sp³-hybridized carbons (Fsp3) is 0.611. The second-order valence-corrected chi connectivity index (χ2v) is 7.08. The van der Waals surface area contributed by atoms with Gasteiger partial charge < -0.3 is 9.26 Å². The van der Waals surface area contributed by atoms with E-state index in [1.807, 2.05) is 20.0 Å². The number of hydrogen-bond acceptors (Lipinski definition) is 5. The summed E-state index contributed by atoms with van der Waals surface area (Å²) in [5.41, 5.74) is 3.58. The molecule has 0 fully saturated rings. The summed E-state index contributed by atoms with van der Waals surface area (Å²) in [4.78, 5) is 9.40. The first-order valence-corrected chi connectivity index (χ1v) is 8.48. The van der Waals surface area contributed by atoms with Crippen LogP contribution >= 0.6 is 0 Å². The fourth-order valence-corrected chi connectivity index (χ4v) is 4.69. The number of ether oxygens (including phenoxy) is 1. The van der Waals surface area contributed by atoms with Gasteiger partial charge in [0.15, 0.2) is 0 Å². The Morgan fingerprint density at radius 1 is 1.39 bits per heavy atom. The molecule has 2 heterocycles. The van der Waals surface area contributed by atoms with Crippen LogP contribution < -0.4 is 4.74 Å². The van der Waals surface area contributed by atoms with Crippen LogP contribution in [0, 0.1) is 12.8 Å². The quantitative estimate of drug-likeness (QED) is 0.851. The van der Waals surface area contributed by atoms with Crippen LogP contribution in [0.4, 0.5) is 0 Å². The Hall–Kier alpha value is -1.91. The van der Waals surface area contributed by atoms with Gasteiger partial charge in [0.25, 0.3) is 0 Å². The third-order valence-electron chi connectivity index (χ3n) is 5.68. The molecule has 2 aromatic rings. The lowest BCUT2D eigenvalue weighted by Gasteiger charge is -2.47. The molecule has 0 unspecified atom stereocenters. The SMILES string of the molecule is CCOc1nc(C)nc2c1CC[C@H]1[C@H](C)c3oncc3C[C@]21C. The third-order valence-corrected chi connectivity index (χ3v) is 5.68. The Kier molecular flexibility index (Phi) is 3.22. The molecule has 5 nitrogen and oxygen atoms in total. The van der Waals surface area contributed by atoms with Crippen LogP contribution in [0.1, 0.15) is 61.5 Å². The smallest absolute Gasteiger partial charge is 0.220 e. The zero-order valence-corrected chi connectivity index (χ0v) is 14.2. The van der Waals surface area contributed by atoms with Gasteiger partial charge in [-0.1, -0.05) is 19.0 Å². The van der Waals surface area contributed by atoms with Crippen molar-refractivity contribution < 1.29 is 9.26 Å². The zero-order valence-electron chi connectivity index (χ0n) is 14.2. The summed E-state index contributed by atoms with van der Waals surface area (Å²) in [6.07, 6.45) is 4.88. The summed E-state index contributed by atoms with van der Waals surface area (Å²) in [5, 5.41) is 4.03. The van der Waals surface area contributed by atoms with Crippen molar-refractivity contribution in [2.75, 3.05) is 6.61 Å². The van der Waals surface area contributed by atoms with E-state index in [1.165, 1.54) is 16.8 Å². The van der Waals surface area contributed by atoms with Gasteiger partial charge in [-0.2, -0.15) is 4.98 Å². The molecule has 4 rings (SSSR count). The summed E-state index contributed by atoms with van der Waals surface area (Å²) in [6, 6.07) is 0. The van der Waals surface area contributed by atoms with Gasteiger partial charge in [0, 0.05) is 22.5 Å². The highest BCUT2D eigenvalue weighted by atomic mass is 16.5. The van der Waals surface area contributed by atoms with E-state index < -0.39 is 0 Å². The largest absolute Gasteiger partial charge is 0.478 e. The van der Waals surface area contributed by atoms with Crippen molar-refractivity contribution in [3.8, 4) is 5.88 Å². The Morgan fingerprint density at radius 3 is 3.00 bits per heavy atom. The van der Waals surface area contributed by atoms with Gasteiger partial charge in [-0.25, -0.2) is 4.98 Å². The topological polar surface area (TPSA) is 61.0 Å². The molecular weight excluding hydrogens is 290 g/mol. The van der Waals surface area contributed by atoms with E-state index in [-0.39, 0.29) is 5.41 Å². The third kappa shape index (κ3) is 2.02. The fourth-order valence-electron chi connectivity index (χ4n) is 4.69. The van der Waals surface area contributed by atoms with Crippen LogP contribution in [0.3, 0.4) is 0 Å². The second kappa shape index (κ2) is 5.05. The molecule has 0 bridgehead atoms. The number of aromatic nitrogens is 3. The van der Waals surface area contributed by atoms with E-state index >= 15 is 0 Å². The molecule has 122 valence electrons. The van der Waals surface area contributed by atoms with Crippen LogP contribution in [0.5, 0.6) is 5.88 Å². The molecule has 23 heavy (non-hydrogen) atoms. The first kappa shape index (κ1) is 14.7. The van der Waals surface area contributed by atoms with E-state index in [1.54, 1.807) is 0 Å². The van der Waals surface area contributed by atoms with E-state index in [0.717, 1.165) is 36.7 Å². The van der Waals surface area contributed by atoms with E-state index in [2.05, 4.69) is 24.0 Å². The molecule has 2 aromatic heterocycles. The van der Waals surface area contributed by atoms with Crippen LogP contribution in [-0.2, 0) is 18.3 Å². The van der Waals surface area contributed by atoms with Gasteiger partial charge in [0.1, 0.15) is 11.6 Å². The first-order chi connectivity index (χ1) is 11.0. The van der Waals surface area contributed by atoms with Crippen LogP contribution in [-0.4, -0.2) is 21.7 Å². The summed E-state index contributed by atoms with van der Waals surface area (Å²) in [7, 11) is 0. The lowest BCUT2D eigenvalue weighted by Crippen LogP contribution is -2.45. The lowest BCUT2D eigenvalue weighted by molar-refractivity contribution is 0.168. The molecule has 0 saturated carbocycles. The predicted molar refractivity (Wildman–Crippen MR) is 85.7 cm³/mol. The van der Waals surface area contributed by atoms with Gasteiger partial charge in [-0.15, -0.1) is 0 Å². The molecule has 3 atom stereocenters. The molecule has 0 aromatic carbocycles. The van der Waals surface area contributed by atoms with E-state index in [9.17, 15) is 0 Å². The normalized spacial score (nSPS) is 28.7. The molecule has 0 spiro atoms. The van der Waals surface area contributed by atoms with Gasteiger partial charge in [-0.3, -0.25) is 0 Å². The number of rotatable bonds is 2. The number of fused-ring (bicyclic) bond motifs is 4. The van der Waals surface area contributed by atoms with Crippen LogP contribution in [0.15, 0.2) is 10.7 Å². The minimum absolute atomic E-state index is 0.00882. The van der Waals surface area contributed by atoms with Crippen molar-refractivity contribution in [2.45, 2.75) is 58.3 Å². The van der Waals surface area contributed by atoms with Crippen molar-refractivity contribution in [2.24, 2.45) is 5.92 Å². The van der Waals surface area contributed by atoms with Crippen molar-refractivity contribution >= 4 is 0 Å². The van der Waals surface area contributed by atoms with E-state index in [0.29, 0.717) is 18.4 Å². The van der Waals surface area contributed by atoms with Gasteiger partial charge in [0.2, 0.25) is 5.88 Å². The highest BCUT2D eigenvalue weighted by molar-refractivity contribution is 5.43. The maximum atomic E-state index is 5.81. The first-order valence-electron chi connectivity index (χ1n) is 8.48. The zero-order chi connectivity index (χ0) is 16.2. The van der Waals surface area contributed by atoms with E-state index in [4.69, 9.17) is 14.2 Å². The number of hydrogen-bond donors (Lipinski definition) is 0. The molecule has 2 aliphatic carbocycles. The minimum Gasteiger partial charge on any atom is -0.478 e. The summed E-state index contributed by atoms with van der Waals surface area (Å²) in [5.74, 6) is 3.51. The number of nitrogens with zero attached hydrogens (tertiary/aromatic N) is 3. The highest BCUT2D eigenvalue weighted by Crippen LogP contribution is 2.54. The van der Waals surface area contributed by atoms with Crippen LogP contribution in [0.25, 0.3) is 0 Å². The molecule has 5 heteroatoms.